The van der Waals surface area contributed by atoms with Crippen LogP contribution in [0.25, 0.3) is 0 Å². The Morgan fingerprint density at radius 2 is 1.80 bits per heavy atom. The summed E-state index contributed by atoms with van der Waals surface area (Å²) >= 11 is 0. The van der Waals surface area contributed by atoms with E-state index in [2.05, 4.69) is 26.1 Å². The minimum Gasteiger partial charge on any atom is -0.379 e. The smallest absolute Gasteiger partial charge is 0.0704 e. The fourth-order valence-corrected chi connectivity index (χ4v) is 1.27. The molecule has 0 amide bonds. The Morgan fingerprint density at radius 3 is 2.33 bits per heavy atom. The monoisotopic (exact) mass is 217 g/mol. The maximum absolute atomic E-state index is 5.69. The summed E-state index contributed by atoms with van der Waals surface area (Å²) in [7, 11) is 0. The van der Waals surface area contributed by atoms with Gasteiger partial charge in [-0.1, -0.05) is 20.8 Å². The molecule has 3 nitrogen and oxygen atoms in total. The molecule has 0 radical (unpaired) electrons. The molecule has 0 heterocycles. The van der Waals surface area contributed by atoms with Crippen molar-refractivity contribution >= 4 is 0 Å². The molecule has 0 spiro atoms. The molecular weight excluding hydrogens is 190 g/mol. The van der Waals surface area contributed by atoms with Gasteiger partial charge in [0.05, 0.1) is 19.3 Å². The number of hydrogen-bond acceptors (Lipinski definition) is 3. The van der Waals surface area contributed by atoms with Crippen LogP contribution in [-0.4, -0.2) is 39.0 Å². The Morgan fingerprint density at radius 1 is 1.07 bits per heavy atom. The van der Waals surface area contributed by atoms with E-state index in [1.165, 1.54) is 0 Å². The predicted molar refractivity (Wildman–Crippen MR) is 64.2 cm³/mol. The Labute approximate surface area is 94.5 Å². The highest BCUT2D eigenvalue weighted by Crippen LogP contribution is 1.97. The highest BCUT2D eigenvalue weighted by molar-refractivity contribution is 4.60. The van der Waals surface area contributed by atoms with Gasteiger partial charge in [-0.15, -0.1) is 0 Å². The average Bonchev–Trinajstić information content (AvgIpc) is 2.21. The first-order chi connectivity index (χ1) is 7.20. The highest BCUT2D eigenvalue weighted by Gasteiger charge is 2.05. The normalized spacial score (nSPS) is 13.4. The van der Waals surface area contributed by atoms with Crippen LogP contribution in [0, 0.1) is 5.92 Å². The van der Waals surface area contributed by atoms with Gasteiger partial charge in [-0.05, 0) is 25.8 Å². The van der Waals surface area contributed by atoms with Gasteiger partial charge in [0.2, 0.25) is 0 Å². The van der Waals surface area contributed by atoms with Gasteiger partial charge in [0.1, 0.15) is 0 Å². The summed E-state index contributed by atoms with van der Waals surface area (Å²) in [6.45, 7) is 12.8. The van der Waals surface area contributed by atoms with Gasteiger partial charge in [0.15, 0.2) is 0 Å². The summed E-state index contributed by atoms with van der Waals surface area (Å²) in [5, 5.41) is 3.41. The van der Waals surface area contributed by atoms with Gasteiger partial charge in [-0.25, -0.2) is 0 Å². The van der Waals surface area contributed by atoms with E-state index < -0.39 is 0 Å². The first-order valence-electron chi connectivity index (χ1n) is 6.10. The molecule has 3 heteroatoms. The van der Waals surface area contributed by atoms with E-state index in [-0.39, 0.29) is 0 Å². The zero-order chi connectivity index (χ0) is 11.5. The molecule has 0 aliphatic heterocycles. The van der Waals surface area contributed by atoms with Crippen molar-refractivity contribution in [3.63, 3.8) is 0 Å². The van der Waals surface area contributed by atoms with E-state index in [4.69, 9.17) is 9.47 Å². The van der Waals surface area contributed by atoms with Gasteiger partial charge in [-0.2, -0.15) is 0 Å². The molecule has 1 atom stereocenters. The van der Waals surface area contributed by atoms with Crippen LogP contribution in [0.5, 0.6) is 0 Å². The maximum atomic E-state index is 5.69. The van der Waals surface area contributed by atoms with Crippen LogP contribution in [-0.2, 0) is 9.47 Å². The van der Waals surface area contributed by atoms with Crippen molar-refractivity contribution in [2.45, 2.75) is 40.2 Å². The van der Waals surface area contributed by atoms with Crippen molar-refractivity contribution in [3.05, 3.63) is 0 Å². The zero-order valence-corrected chi connectivity index (χ0v) is 10.7. The summed E-state index contributed by atoms with van der Waals surface area (Å²) in [6, 6.07) is 0. The Kier molecular flexibility index (Phi) is 10.3. The Balaban J connectivity index is 3.38. The lowest BCUT2D eigenvalue weighted by Gasteiger charge is -2.17. The number of ether oxygens (including phenoxy) is 2. The standard InChI is InChI=1S/C12H27NO2/c1-5-12(10-13-9-11(3)4)15-8-7-14-6-2/h11-13H,5-10H2,1-4H3. The summed E-state index contributed by atoms with van der Waals surface area (Å²) in [6.07, 6.45) is 1.38. The predicted octanol–water partition coefficient (Wildman–Crippen LogP) is 2.06. The van der Waals surface area contributed by atoms with Crippen LogP contribution in [0.4, 0.5) is 0 Å². The van der Waals surface area contributed by atoms with Gasteiger partial charge in [-0.3, -0.25) is 0 Å². The number of hydrogen-bond donors (Lipinski definition) is 1. The molecule has 0 aliphatic rings. The van der Waals surface area contributed by atoms with Crippen molar-refractivity contribution < 1.29 is 9.47 Å². The molecule has 0 fully saturated rings. The third-order valence-electron chi connectivity index (χ3n) is 2.17. The molecule has 1 N–H and O–H groups in total. The van der Waals surface area contributed by atoms with Gasteiger partial charge < -0.3 is 14.8 Å². The lowest BCUT2D eigenvalue weighted by Crippen LogP contribution is -2.31. The molecule has 92 valence electrons. The molecule has 0 rings (SSSR count). The minimum atomic E-state index is 0.323. The molecule has 0 aromatic rings. The molecule has 0 saturated carbocycles. The average molecular weight is 217 g/mol. The minimum absolute atomic E-state index is 0.323. The molecule has 0 saturated heterocycles. The van der Waals surface area contributed by atoms with Crippen LogP contribution in [0.3, 0.4) is 0 Å². The van der Waals surface area contributed by atoms with Crippen molar-refractivity contribution in [2.75, 3.05) is 32.9 Å². The zero-order valence-electron chi connectivity index (χ0n) is 10.7. The summed E-state index contributed by atoms with van der Waals surface area (Å²) in [4.78, 5) is 0. The quantitative estimate of drug-likeness (QED) is 0.568. The third kappa shape index (κ3) is 10.2. The molecule has 0 aromatic heterocycles. The second-order valence-electron chi connectivity index (χ2n) is 4.15. The first-order valence-corrected chi connectivity index (χ1v) is 6.10. The summed E-state index contributed by atoms with van der Waals surface area (Å²) in [5.74, 6) is 0.700. The highest BCUT2D eigenvalue weighted by atomic mass is 16.5. The SMILES string of the molecule is CCOCCOC(CC)CNCC(C)C. The van der Waals surface area contributed by atoms with Crippen molar-refractivity contribution in [1.82, 2.24) is 5.32 Å². The fourth-order valence-electron chi connectivity index (χ4n) is 1.27. The summed E-state index contributed by atoms with van der Waals surface area (Å²) in [5.41, 5.74) is 0. The van der Waals surface area contributed by atoms with Gasteiger partial charge >= 0.3 is 0 Å². The fraction of sp³-hybridized carbons (Fsp3) is 1.00. The van der Waals surface area contributed by atoms with E-state index >= 15 is 0 Å². The van der Waals surface area contributed by atoms with Crippen molar-refractivity contribution in [3.8, 4) is 0 Å². The van der Waals surface area contributed by atoms with Crippen molar-refractivity contribution in [2.24, 2.45) is 5.92 Å². The number of nitrogens with one attached hydrogen (secondary N) is 1. The van der Waals surface area contributed by atoms with E-state index in [9.17, 15) is 0 Å². The molecular formula is C12H27NO2. The van der Waals surface area contributed by atoms with Gasteiger partial charge in [0.25, 0.3) is 0 Å². The number of rotatable bonds is 10. The van der Waals surface area contributed by atoms with Crippen LogP contribution >= 0.6 is 0 Å². The summed E-state index contributed by atoms with van der Waals surface area (Å²) < 4.78 is 10.9. The topological polar surface area (TPSA) is 30.5 Å². The van der Waals surface area contributed by atoms with E-state index in [0.717, 1.165) is 26.1 Å². The molecule has 0 bridgehead atoms. The lowest BCUT2D eigenvalue weighted by molar-refractivity contribution is 0.00635. The van der Waals surface area contributed by atoms with Crippen LogP contribution in [0.1, 0.15) is 34.1 Å². The maximum Gasteiger partial charge on any atom is 0.0704 e. The van der Waals surface area contributed by atoms with E-state index in [0.29, 0.717) is 25.2 Å². The van der Waals surface area contributed by atoms with E-state index in [1.807, 2.05) is 6.92 Å². The second-order valence-corrected chi connectivity index (χ2v) is 4.15. The lowest BCUT2D eigenvalue weighted by atomic mass is 10.2. The molecule has 0 aliphatic carbocycles. The van der Waals surface area contributed by atoms with Crippen LogP contribution in [0.15, 0.2) is 0 Å². The van der Waals surface area contributed by atoms with Gasteiger partial charge in [0, 0.05) is 13.2 Å². The van der Waals surface area contributed by atoms with Crippen LogP contribution < -0.4 is 5.32 Å². The first kappa shape index (κ1) is 14.9. The van der Waals surface area contributed by atoms with Crippen molar-refractivity contribution in [1.29, 1.82) is 0 Å². The van der Waals surface area contributed by atoms with E-state index in [1.54, 1.807) is 0 Å². The third-order valence-corrected chi connectivity index (χ3v) is 2.17. The Hall–Kier alpha value is -0.120. The molecule has 0 aromatic carbocycles. The van der Waals surface area contributed by atoms with Crippen LogP contribution in [0.2, 0.25) is 0 Å². The molecule has 15 heavy (non-hydrogen) atoms. The Bertz CT molecular complexity index is 129. The second kappa shape index (κ2) is 10.4. The molecule has 1 unspecified atom stereocenters. The largest absolute Gasteiger partial charge is 0.379 e.